The average Bonchev–Trinajstić information content (AvgIpc) is 2.29. The minimum Gasteiger partial charge on any atom is -0.497 e. The van der Waals surface area contributed by atoms with Gasteiger partial charge in [0.1, 0.15) is 11.8 Å². The number of benzene rings is 1. The third-order valence-corrected chi connectivity index (χ3v) is 2.60. The predicted octanol–water partition coefficient (Wildman–Crippen LogP) is 2.80. The lowest BCUT2D eigenvalue weighted by atomic mass is 10.1. The first-order chi connectivity index (χ1) is 7.63. The number of ether oxygens (including phenoxy) is 1. The second kappa shape index (κ2) is 5.41. The largest absolute Gasteiger partial charge is 0.497 e. The third-order valence-electron chi connectivity index (χ3n) is 2.60. The van der Waals surface area contributed by atoms with E-state index in [1.807, 2.05) is 12.1 Å². The molecule has 1 aromatic rings. The van der Waals surface area contributed by atoms with Crippen molar-refractivity contribution < 1.29 is 4.74 Å². The van der Waals surface area contributed by atoms with Crippen molar-refractivity contribution in [1.29, 1.82) is 5.26 Å². The minimum atomic E-state index is 0.365. The van der Waals surface area contributed by atoms with Gasteiger partial charge in [0.05, 0.1) is 18.4 Å². The molecule has 0 radical (unpaired) electrons. The third kappa shape index (κ3) is 2.46. The first kappa shape index (κ1) is 12.4. The number of methoxy groups -OCH3 is 1. The average molecular weight is 218 g/mol. The monoisotopic (exact) mass is 218 g/mol. The van der Waals surface area contributed by atoms with E-state index in [1.54, 1.807) is 13.2 Å². The maximum absolute atomic E-state index is 9.09. The number of nitrogens with zero attached hydrogens (tertiary/aromatic N) is 2. The molecule has 0 aliphatic carbocycles. The number of hydrogen-bond acceptors (Lipinski definition) is 3. The van der Waals surface area contributed by atoms with E-state index in [1.165, 1.54) is 0 Å². The van der Waals surface area contributed by atoms with Crippen LogP contribution in [0.1, 0.15) is 26.3 Å². The molecule has 0 unspecified atom stereocenters. The number of rotatable bonds is 4. The van der Waals surface area contributed by atoms with Gasteiger partial charge in [0.2, 0.25) is 0 Å². The normalized spacial score (nSPS) is 10.0. The number of anilines is 1. The molecule has 86 valence electrons. The Kier molecular flexibility index (Phi) is 4.19. The maximum atomic E-state index is 9.09. The van der Waals surface area contributed by atoms with Crippen LogP contribution in [0.3, 0.4) is 0 Å². The standard InChI is InChI=1S/C13H18N2O/c1-5-15(10(2)3)13-8-12(16-4)7-6-11(13)9-14/h6-8,10H,5H2,1-4H3. The van der Waals surface area contributed by atoms with Gasteiger partial charge in [-0.1, -0.05) is 0 Å². The Balaban J connectivity index is 3.22. The summed E-state index contributed by atoms with van der Waals surface area (Å²) in [4.78, 5) is 2.18. The van der Waals surface area contributed by atoms with Crippen LogP contribution in [-0.2, 0) is 0 Å². The van der Waals surface area contributed by atoms with Gasteiger partial charge in [-0.3, -0.25) is 0 Å². The molecule has 0 saturated carbocycles. The second-order valence-corrected chi connectivity index (χ2v) is 3.87. The van der Waals surface area contributed by atoms with E-state index in [0.717, 1.165) is 18.0 Å². The Bertz CT molecular complexity index is 393. The highest BCUT2D eigenvalue weighted by Gasteiger charge is 2.13. The summed E-state index contributed by atoms with van der Waals surface area (Å²) in [5, 5.41) is 9.09. The van der Waals surface area contributed by atoms with Crippen LogP contribution in [0.15, 0.2) is 18.2 Å². The Labute approximate surface area is 97.3 Å². The summed E-state index contributed by atoms with van der Waals surface area (Å²) in [5.74, 6) is 0.785. The summed E-state index contributed by atoms with van der Waals surface area (Å²) in [7, 11) is 1.64. The van der Waals surface area contributed by atoms with Gasteiger partial charge in [0.15, 0.2) is 0 Å². The summed E-state index contributed by atoms with van der Waals surface area (Å²) in [6.07, 6.45) is 0. The van der Waals surface area contributed by atoms with Gasteiger partial charge < -0.3 is 9.64 Å². The van der Waals surface area contributed by atoms with Crippen molar-refractivity contribution in [2.24, 2.45) is 0 Å². The van der Waals surface area contributed by atoms with E-state index in [0.29, 0.717) is 11.6 Å². The summed E-state index contributed by atoms with van der Waals surface area (Å²) in [6.45, 7) is 7.19. The molecule has 0 bridgehead atoms. The fourth-order valence-corrected chi connectivity index (χ4v) is 1.78. The lowest BCUT2D eigenvalue weighted by molar-refractivity contribution is 0.414. The molecule has 1 aromatic carbocycles. The van der Waals surface area contributed by atoms with Gasteiger partial charge in [-0.05, 0) is 32.9 Å². The summed E-state index contributed by atoms with van der Waals surface area (Å²) < 4.78 is 5.19. The zero-order valence-electron chi connectivity index (χ0n) is 10.3. The lowest BCUT2D eigenvalue weighted by Gasteiger charge is -2.28. The number of hydrogen-bond donors (Lipinski definition) is 0. The Morgan fingerprint density at radius 3 is 2.56 bits per heavy atom. The first-order valence-electron chi connectivity index (χ1n) is 5.48. The molecule has 0 amide bonds. The molecule has 0 saturated heterocycles. The van der Waals surface area contributed by atoms with Crippen LogP contribution in [0.25, 0.3) is 0 Å². The van der Waals surface area contributed by atoms with Crippen LogP contribution in [0.2, 0.25) is 0 Å². The van der Waals surface area contributed by atoms with E-state index in [-0.39, 0.29) is 0 Å². The molecule has 16 heavy (non-hydrogen) atoms. The fourth-order valence-electron chi connectivity index (χ4n) is 1.78. The molecule has 1 rings (SSSR count). The molecule has 0 aliphatic heterocycles. The highest BCUT2D eigenvalue weighted by Crippen LogP contribution is 2.26. The predicted molar refractivity (Wildman–Crippen MR) is 65.9 cm³/mol. The van der Waals surface area contributed by atoms with Crippen molar-refractivity contribution in [3.8, 4) is 11.8 Å². The van der Waals surface area contributed by atoms with E-state index in [2.05, 4.69) is 31.7 Å². The SMILES string of the molecule is CCN(c1cc(OC)ccc1C#N)C(C)C. The van der Waals surface area contributed by atoms with Crippen molar-refractivity contribution in [2.75, 3.05) is 18.6 Å². The zero-order chi connectivity index (χ0) is 12.1. The quantitative estimate of drug-likeness (QED) is 0.779. The van der Waals surface area contributed by atoms with Crippen LogP contribution in [0, 0.1) is 11.3 Å². The smallest absolute Gasteiger partial charge is 0.121 e. The Morgan fingerprint density at radius 1 is 1.44 bits per heavy atom. The minimum absolute atomic E-state index is 0.365. The molecule has 0 heterocycles. The number of nitriles is 1. The van der Waals surface area contributed by atoms with Gasteiger partial charge in [-0.25, -0.2) is 0 Å². The molecule has 0 spiro atoms. The second-order valence-electron chi connectivity index (χ2n) is 3.87. The van der Waals surface area contributed by atoms with Crippen LogP contribution >= 0.6 is 0 Å². The van der Waals surface area contributed by atoms with E-state index in [9.17, 15) is 0 Å². The molecule has 3 heteroatoms. The Hall–Kier alpha value is -1.69. The van der Waals surface area contributed by atoms with E-state index < -0.39 is 0 Å². The van der Waals surface area contributed by atoms with Crippen molar-refractivity contribution in [3.05, 3.63) is 23.8 Å². The Morgan fingerprint density at radius 2 is 2.12 bits per heavy atom. The van der Waals surface area contributed by atoms with Crippen molar-refractivity contribution >= 4 is 5.69 Å². The van der Waals surface area contributed by atoms with Crippen molar-refractivity contribution in [3.63, 3.8) is 0 Å². The molecule has 3 nitrogen and oxygen atoms in total. The highest BCUT2D eigenvalue weighted by atomic mass is 16.5. The zero-order valence-corrected chi connectivity index (χ0v) is 10.3. The van der Waals surface area contributed by atoms with Crippen molar-refractivity contribution in [2.45, 2.75) is 26.8 Å². The fraction of sp³-hybridized carbons (Fsp3) is 0.462. The van der Waals surface area contributed by atoms with Crippen LogP contribution < -0.4 is 9.64 Å². The topological polar surface area (TPSA) is 36.3 Å². The maximum Gasteiger partial charge on any atom is 0.121 e. The molecular formula is C13H18N2O. The highest BCUT2D eigenvalue weighted by molar-refractivity contribution is 5.62. The van der Waals surface area contributed by atoms with Crippen LogP contribution in [-0.4, -0.2) is 19.7 Å². The molecule has 0 aromatic heterocycles. The van der Waals surface area contributed by atoms with Crippen LogP contribution in [0.4, 0.5) is 5.69 Å². The van der Waals surface area contributed by atoms with Gasteiger partial charge in [0.25, 0.3) is 0 Å². The lowest BCUT2D eigenvalue weighted by Crippen LogP contribution is -2.30. The molecular weight excluding hydrogens is 200 g/mol. The van der Waals surface area contributed by atoms with Gasteiger partial charge >= 0.3 is 0 Å². The van der Waals surface area contributed by atoms with Crippen molar-refractivity contribution in [1.82, 2.24) is 0 Å². The first-order valence-corrected chi connectivity index (χ1v) is 5.48. The summed E-state index contributed by atoms with van der Waals surface area (Å²) >= 11 is 0. The van der Waals surface area contributed by atoms with E-state index >= 15 is 0 Å². The molecule has 0 atom stereocenters. The summed E-state index contributed by atoms with van der Waals surface area (Å²) in [6, 6.07) is 8.12. The molecule has 0 aliphatic rings. The summed E-state index contributed by atoms with van der Waals surface area (Å²) in [5.41, 5.74) is 1.63. The van der Waals surface area contributed by atoms with Gasteiger partial charge in [-0.15, -0.1) is 0 Å². The van der Waals surface area contributed by atoms with Gasteiger partial charge in [-0.2, -0.15) is 5.26 Å². The van der Waals surface area contributed by atoms with Crippen LogP contribution in [0.5, 0.6) is 5.75 Å². The molecule has 0 N–H and O–H groups in total. The van der Waals surface area contributed by atoms with E-state index in [4.69, 9.17) is 10.00 Å². The molecule has 0 fully saturated rings. The van der Waals surface area contributed by atoms with Gasteiger partial charge in [0, 0.05) is 18.7 Å².